The van der Waals surface area contributed by atoms with Crippen LogP contribution in [-0.4, -0.2) is 28.6 Å². The molecule has 0 saturated carbocycles. The molecule has 6 nitrogen and oxygen atoms in total. The first-order valence-electron chi connectivity index (χ1n) is 9.72. The number of anilines is 1. The Balaban J connectivity index is 1.39. The van der Waals surface area contributed by atoms with Gasteiger partial charge in [-0.05, 0) is 36.1 Å². The zero-order valence-corrected chi connectivity index (χ0v) is 18.2. The van der Waals surface area contributed by atoms with Gasteiger partial charge in [-0.2, -0.15) is 0 Å². The molecule has 8 heteroatoms. The zero-order valence-electron chi connectivity index (χ0n) is 16.6. The number of amides is 2. The number of nitrogens with one attached hydrogen (secondary N) is 2. The molecule has 0 aliphatic rings. The van der Waals surface area contributed by atoms with Crippen molar-refractivity contribution in [3.05, 3.63) is 75.2 Å². The molecule has 1 aromatic heterocycles. The van der Waals surface area contributed by atoms with E-state index < -0.39 is 0 Å². The van der Waals surface area contributed by atoms with E-state index in [0.29, 0.717) is 36.5 Å². The second-order valence-electron chi connectivity index (χ2n) is 6.93. The van der Waals surface area contributed by atoms with Crippen LogP contribution in [0.15, 0.2) is 54.6 Å². The molecular formula is C22H23ClN4O2S. The van der Waals surface area contributed by atoms with E-state index in [4.69, 9.17) is 11.6 Å². The Morgan fingerprint density at radius 3 is 2.67 bits per heavy atom. The topological polar surface area (TPSA) is 84.0 Å². The lowest BCUT2D eigenvalue weighted by molar-refractivity contribution is -0.121. The Kier molecular flexibility index (Phi) is 7.93. The average Bonchev–Trinajstić information content (AvgIpc) is 3.22. The van der Waals surface area contributed by atoms with Gasteiger partial charge >= 0.3 is 0 Å². The normalized spacial score (nSPS) is 11.7. The Bertz CT molecular complexity index is 994. The summed E-state index contributed by atoms with van der Waals surface area (Å²) in [6, 6.07) is 17.0. The third-order valence-corrected chi connectivity index (χ3v) is 5.73. The molecule has 2 aromatic carbocycles. The van der Waals surface area contributed by atoms with Crippen molar-refractivity contribution in [1.29, 1.82) is 0 Å². The van der Waals surface area contributed by atoms with Crippen LogP contribution >= 0.6 is 22.9 Å². The van der Waals surface area contributed by atoms with Gasteiger partial charge in [0.2, 0.25) is 10.9 Å². The van der Waals surface area contributed by atoms with E-state index in [1.54, 1.807) is 24.3 Å². The Hall–Kier alpha value is -2.77. The highest BCUT2D eigenvalue weighted by Gasteiger charge is 2.14. The molecule has 1 heterocycles. The van der Waals surface area contributed by atoms with Gasteiger partial charge in [-0.15, -0.1) is 10.2 Å². The van der Waals surface area contributed by atoms with E-state index in [1.165, 1.54) is 16.9 Å². The van der Waals surface area contributed by atoms with Gasteiger partial charge in [-0.25, -0.2) is 0 Å². The van der Waals surface area contributed by atoms with Crippen molar-refractivity contribution in [2.45, 2.75) is 32.1 Å². The first-order valence-corrected chi connectivity index (χ1v) is 10.9. The molecule has 0 fully saturated rings. The van der Waals surface area contributed by atoms with Crippen LogP contribution in [0.1, 0.15) is 46.1 Å². The van der Waals surface area contributed by atoms with Gasteiger partial charge in [0.15, 0.2) is 0 Å². The molecule has 1 unspecified atom stereocenters. The molecule has 3 aromatic rings. The summed E-state index contributed by atoms with van der Waals surface area (Å²) in [5.41, 5.74) is 1.81. The largest absolute Gasteiger partial charge is 0.356 e. The lowest BCUT2D eigenvalue weighted by Crippen LogP contribution is -2.27. The molecule has 0 radical (unpaired) electrons. The van der Waals surface area contributed by atoms with E-state index in [-0.39, 0.29) is 22.7 Å². The summed E-state index contributed by atoms with van der Waals surface area (Å²) >= 11 is 7.16. The molecule has 0 aliphatic heterocycles. The van der Waals surface area contributed by atoms with Gasteiger partial charge in [-0.1, -0.05) is 66.3 Å². The quantitative estimate of drug-likeness (QED) is 0.503. The lowest BCUT2D eigenvalue weighted by atomic mass is 10.0. The fourth-order valence-electron chi connectivity index (χ4n) is 2.85. The Labute approximate surface area is 184 Å². The third-order valence-electron chi connectivity index (χ3n) is 4.51. The van der Waals surface area contributed by atoms with Crippen molar-refractivity contribution in [1.82, 2.24) is 15.5 Å². The highest BCUT2D eigenvalue weighted by Crippen LogP contribution is 2.18. The summed E-state index contributed by atoms with van der Waals surface area (Å²) in [5, 5.41) is 15.3. The number of carbonyl (C=O) groups is 2. The van der Waals surface area contributed by atoms with E-state index in [9.17, 15) is 9.59 Å². The third kappa shape index (κ3) is 6.64. The number of halogens is 1. The smallest absolute Gasteiger partial charge is 0.286 e. The maximum Gasteiger partial charge on any atom is 0.286 e. The van der Waals surface area contributed by atoms with Crippen molar-refractivity contribution in [2.24, 2.45) is 0 Å². The van der Waals surface area contributed by atoms with Crippen LogP contribution in [0.3, 0.4) is 0 Å². The first kappa shape index (κ1) is 21.9. The highest BCUT2D eigenvalue weighted by atomic mass is 35.5. The van der Waals surface area contributed by atoms with Crippen LogP contribution < -0.4 is 10.6 Å². The summed E-state index contributed by atoms with van der Waals surface area (Å²) in [6.07, 6.45) is 1.66. The minimum absolute atomic E-state index is 0.0150. The zero-order chi connectivity index (χ0) is 21.3. The second-order valence-corrected chi connectivity index (χ2v) is 8.43. The van der Waals surface area contributed by atoms with E-state index in [1.807, 2.05) is 18.2 Å². The molecule has 0 aliphatic carbocycles. The van der Waals surface area contributed by atoms with Gasteiger partial charge < -0.3 is 10.6 Å². The molecule has 3 rings (SSSR count). The fraction of sp³-hybridized carbons (Fsp3) is 0.273. The van der Waals surface area contributed by atoms with Crippen LogP contribution in [0.2, 0.25) is 5.02 Å². The van der Waals surface area contributed by atoms with Crippen molar-refractivity contribution >= 4 is 40.4 Å². The molecule has 2 amide bonds. The number of aryl methyl sites for hydroxylation is 1. The summed E-state index contributed by atoms with van der Waals surface area (Å²) in [6.45, 7) is 2.70. The summed E-state index contributed by atoms with van der Waals surface area (Å²) in [5.74, 6) is -0.0474. The monoisotopic (exact) mass is 442 g/mol. The van der Waals surface area contributed by atoms with Gasteiger partial charge in [0, 0.05) is 30.1 Å². The highest BCUT2D eigenvalue weighted by molar-refractivity contribution is 7.13. The van der Waals surface area contributed by atoms with E-state index in [2.05, 4.69) is 39.9 Å². The lowest BCUT2D eigenvalue weighted by Gasteiger charge is -2.12. The number of hydrogen-bond acceptors (Lipinski definition) is 5. The minimum atomic E-state index is -0.325. The van der Waals surface area contributed by atoms with E-state index in [0.717, 1.165) is 5.01 Å². The van der Waals surface area contributed by atoms with Crippen LogP contribution in [0.4, 0.5) is 5.69 Å². The summed E-state index contributed by atoms with van der Waals surface area (Å²) < 4.78 is 0. The molecule has 30 heavy (non-hydrogen) atoms. The maximum atomic E-state index is 12.3. The number of benzene rings is 2. The number of carbonyl (C=O) groups excluding carboxylic acids is 2. The first-order chi connectivity index (χ1) is 14.5. The van der Waals surface area contributed by atoms with E-state index >= 15 is 0 Å². The number of hydrogen-bond donors (Lipinski definition) is 2. The molecule has 2 N–H and O–H groups in total. The number of rotatable bonds is 9. The SMILES string of the molecule is CC(CNC(=O)CCCc1nnc(C(=O)Nc2cccc(Cl)c2)s1)c1ccccc1. The molecule has 156 valence electrons. The Morgan fingerprint density at radius 1 is 1.10 bits per heavy atom. The summed E-state index contributed by atoms with van der Waals surface area (Å²) in [4.78, 5) is 24.4. The number of nitrogens with zero attached hydrogens (tertiary/aromatic N) is 2. The fourth-order valence-corrected chi connectivity index (χ4v) is 3.82. The molecule has 1 atom stereocenters. The van der Waals surface area contributed by atoms with Crippen molar-refractivity contribution in [2.75, 3.05) is 11.9 Å². The van der Waals surface area contributed by atoms with Crippen molar-refractivity contribution in [3.8, 4) is 0 Å². The predicted molar refractivity (Wildman–Crippen MR) is 120 cm³/mol. The molecular weight excluding hydrogens is 420 g/mol. The second kappa shape index (κ2) is 10.8. The van der Waals surface area contributed by atoms with Crippen LogP contribution in [0.5, 0.6) is 0 Å². The van der Waals surface area contributed by atoms with Crippen molar-refractivity contribution < 1.29 is 9.59 Å². The summed E-state index contributed by atoms with van der Waals surface area (Å²) in [7, 11) is 0. The van der Waals surface area contributed by atoms with Gasteiger partial charge in [0.25, 0.3) is 5.91 Å². The Morgan fingerprint density at radius 2 is 1.90 bits per heavy atom. The van der Waals surface area contributed by atoms with Crippen LogP contribution in [-0.2, 0) is 11.2 Å². The molecule has 0 saturated heterocycles. The number of aromatic nitrogens is 2. The standard InChI is InChI=1S/C22H23ClN4O2S/c1-15(16-7-3-2-4-8-16)14-24-19(28)11-6-12-20-26-27-22(30-20)21(29)25-18-10-5-9-17(23)13-18/h2-5,7-10,13,15H,6,11-12,14H2,1H3,(H,24,28)(H,25,29). The van der Waals surface area contributed by atoms with Gasteiger partial charge in [0.1, 0.15) is 5.01 Å². The predicted octanol–water partition coefficient (Wildman–Crippen LogP) is 4.69. The molecule has 0 bridgehead atoms. The maximum absolute atomic E-state index is 12.3. The minimum Gasteiger partial charge on any atom is -0.356 e. The van der Waals surface area contributed by atoms with Gasteiger partial charge in [-0.3, -0.25) is 9.59 Å². The van der Waals surface area contributed by atoms with Crippen LogP contribution in [0, 0.1) is 0 Å². The average molecular weight is 443 g/mol. The van der Waals surface area contributed by atoms with Crippen molar-refractivity contribution in [3.63, 3.8) is 0 Å². The van der Waals surface area contributed by atoms with Gasteiger partial charge in [0.05, 0.1) is 0 Å². The van der Waals surface area contributed by atoms with Crippen LogP contribution in [0.25, 0.3) is 0 Å². The molecule has 0 spiro atoms.